The number of hydrogen-bond acceptors (Lipinski definition) is 3. The van der Waals surface area contributed by atoms with Crippen molar-refractivity contribution < 1.29 is 0 Å². The lowest BCUT2D eigenvalue weighted by molar-refractivity contribution is 0.122. The van der Waals surface area contributed by atoms with Crippen LogP contribution in [0.25, 0.3) is 0 Å². The van der Waals surface area contributed by atoms with E-state index >= 15 is 0 Å². The van der Waals surface area contributed by atoms with Gasteiger partial charge < -0.3 is 0 Å². The molecule has 2 aromatic rings. The summed E-state index contributed by atoms with van der Waals surface area (Å²) in [6.07, 6.45) is 7.65. The second-order valence-corrected chi connectivity index (χ2v) is 6.18. The molecule has 1 fully saturated rings. The second-order valence-electron chi connectivity index (χ2n) is 5.83. The Labute approximate surface area is 130 Å². The van der Waals surface area contributed by atoms with E-state index in [0.29, 0.717) is 6.04 Å². The number of halogens is 1. The monoisotopic (exact) mass is 307 g/mol. The molecule has 21 heavy (non-hydrogen) atoms. The van der Waals surface area contributed by atoms with Crippen LogP contribution in [0.4, 0.5) is 0 Å². The molecule has 1 atom stereocenters. The summed E-state index contributed by atoms with van der Waals surface area (Å²) in [5.41, 5.74) is 2.19. The predicted octanol–water partition coefficient (Wildman–Crippen LogP) is 2.63. The molecule has 0 aromatic carbocycles. The highest BCUT2D eigenvalue weighted by Gasteiger charge is 2.25. The molecule has 0 N–H and O–H groups in total. The van der Waals surface area contributed by atoms with E-state index in [1.807, 2.05) is 37.1 Å². The van der Waals surface area contributed by atoms with Crippen LogP contribution in [0.5, 0.6) is 0 Å². The van der Waals surface area contributed by atoms with E-state index in [2.05, 4.69) is 15.1 Å². The smallest absolute Gasteiger partial charge is 0.131 e. The maximum absolute atomic E-state index is 6.38. The fourth-order valence-electron chi connectivity index (χ4n) is 3.16. The fraction of sp³-hybridized carbons (Fsp3) is 0.600. The summed E-state index contributed by atoms with van der Waals surface area (Å²) in [6, 6.07) is 2.50. The zero-order valence-corrected chi connectivity index (χ0v) is 13.4. The Bertz CT molecular complexity index is 589. The Hall–Kier alpha value is -1.33. The van der Waals surface area contributed by atoms with Gasteiger partial charge in [0.15, 0.2) is 0 Å². The predicted molar refractivity (Wildman–Crippen MR) is 83.2 cm³/mol. The molecular weight excluding hydrogens is 286 g/mol. The van der Waals surface area contributed by atoms with Gasteiger partial charge in [0.1, 0.15) is 5.15 Å². The summed E-state index contributed by atoms with van der Waals surface area (Å²) in [5, 5.41) is 9.52. The van der Waals surface area contributed by atoms with Crippen LogP contribution < -0.4 is 0 Å². The Morgan fingerprint density at radius 1 is 1.38 bits per heavy atom. The minimum Gasteiger partial charge on any atom is -0.294 e. The van der Waals surface area contributed by atoms with Crippen LogP contribution in [-0.4, -0.2) is 37.0 Å². The van der Waals surface area contributed by atoms with Gasteiger partial charge >= 0.3 is 0 Å². The minimum absolute atomic E-state index is 0.523. The number of likely N-dealkylation sites (tertiary alicyclic amines) is 1. The van der Waals surface area contributed by atoms with Crippen molar-refractivity contribution in [3.63, 3.8) is 0 Å². The molecule has 1 aliphatic rings. The fourth-order valence-corrected chi connectivity index (χ4v) is 3.39. The van der Waals surface area contributed by atoms with E-state index in [1.165, 1.54) is 19.3 Å². The molecule has 0 saturated carbocycles. The standard InChI is InChI=1S/C15H22ClN5/c1-12-14(15(16)19(2)18-12)11-20-8-4-3-6-13(20)10-21-9-5-7-17-21/h5,7,9,13H,3-4,6,8,10-11H2,1-2H3/t13-/m0/s1. The van der Waals surface area contributed by atoms with E-state index in [9.17, 15) is 0 Å². The van der Waals surface area contributed by atoms with Crippen LogP contribution in [0, 0.1) is 6.92 Å². The number of hydrogen-bond donors (Lipinski definition) is 0. The maximum Gasteiger partial charge on any atom is 0.131 e. The number of aryl methyl sites for hydroxylation is 2. The number of nitrogens with zero attached hydrogens (tertiary/aromatic N) is 5. The number of aromatic nitrogens is 4. The van der Waals surface area contributed by atoms with Gasteiger partial charge in [0, 0.05) is 37.6 Å². The maximum atomic E-state index is 6.38. The Kier molecular flexibility index (Phi) is 4.31. The first kappa shape index (κ1) is 14.6. The van der Waals surface area contributed by atoms with Crippen molar-refractivity contribution in [1.82, 2.24) is 24.5 Å². The van der Waals surface area contributed by atoms with Gasteiger partial charge in [0.05, 0.1) is 12.2 Å². The molecule has 0 amide bonds. The summed E-state index contributed by atoms with van der Waals surface area (Å²) in [7, 11) is 1.90. The lowest BCUT2D eigenvalue weighted by Gasteiger charge is -2.35. The topological polar surface area (TPSA) is 38.9 Å². The van der Waals surface area contributed by atoms with Crippen molar-refractivity contribution in [3.8, 4) is 0 Å². The molecule has 0 aliphatic carbocycles. The summed E-state index contributed by atoms with van der Waals surface area (Å²) in [6.45, 7) is 4.98. The third-order valence-corrected chi connectivity index (χ3v) is 4.81. The van der Waals surface area contributed by atoms with Crippen LogP contribution in [0.1, 0.15) is 30.5 Å². The second kappa shape index (κ2) is 6.20. The molecule has 0 bridgehead atoms. The van der Waals surface area contributed by atoms with Gasteiger partial charge in [-0.1, -0.05) is 18.0 Å². The third-order valence-electron chi connectivity index (χ3n) is 4.34. The Morgan fingerprint density at radius 3 is 2.90 bits per heavy atom. The van der Waals surface area contributed by atoms with Crippen molar-refractivity contribution in [2.24, 2.45) is 7.05 Å². The Balaban J connectivity index is 1.75. The van der Waals surface area contributed by atoms with E-state index in [4.69, 9.17) is 11.6 Å². The van der Waals surface area contributed by atoms with Gasteiger partial charge in [-0.15, -0.1) is 0 Å². The largest absolute Gasteiger partial charge is 0.294 e. The molecular formula is C15H22ClN5. The van der Waals surface area contributed by atoms with Gasteiger partial charge in [0.25, 0.3) is 0 Å². The van der Waals surface area contributed by atoms with E-state index in [0.717, 1.165) is 36.0 Å². The average Bonchev–Trinajstić information content (AvgIpc) is 3.05. The van der Waals surface area contributed by atoms with Gasteiger partial charge in [-0.05, 0) is 32.4 Å². The van der Waals surface area contributed by atoms with Crippen molar-refractivity contribution in [2.75, 3.05) is 6.54 Å². The Morgan fingerprint density at radius 2 is 2.24 bits per heavy atom. The molecule has 114 valence electrons. The van der Waals surface area contributed by atoms with Crippen LogP contribution >= 0.6 is 11.6 Å². The molecule has 3 rings (SSSR count). The van der Waals surface area contributed by atoms with Gasteiger partial charge in [-0.25, -0.2) is 0 Å². The van der Waals surface area contributed by atoms with Gasteiger partial charge in [-0.3, -0.25) is 14.3 Å². The van der Waals surface area contributed by atoms with E-state index in [1.54, 1.807) is 4.68 Å². The van der Waals surface area contributed by atoms with Crippen LogP contribution in [0.15, 0.2) is 18.5 Å². The average molecular weight is 308 g/mol. The quantitative estimate of drug-likeness (QED) is 0.871. The minimum atomic E-state index is 0.523. The van der Waals surface area contributed by atoms with Crippen molar-refractivity contribution in [3.05, 3.63) is 34.9 Å². The lowest BCUT2D eigenvalue weighted by Crippen LogP contribution is -2.41. The van der Waals surface area contributed by atoms with Crippen molar-refractivity contribution in [1.29, 1.82) is 0 Å². The highest BCUT2D eigenvalue weighted by molar-refractivity contribution is 6.30. The molecule has 1 aliphatic heterocycles. The van der Waals surface area contributed by atoms with E-state index < -0.39 is 0 Å². The van der Waals surface area contributed by atoms with Crippen molar-refractivity contribution in [2.45, 2.75) is 45.3 Å². The third kappa shape index (κ3) is 3.14. The number of rotatable bonds is 4. The molecule has 5 nitrogen and oxygen atoms in total. The van der Waals surface area contributed by atoms with Gasteiger partial charge in [-0.2, -0.15) is 10.2 Å². The van der Waals surface area contributed by atoms with Crippen LogP contribution in [-0.2, 0) is 20.1 Å². The molecule has 2 aromatic heterocycles. The van der Waals surface area contributed by atoms with Crippen LogP contribution in [0.3, 0.4) is 0 Å². The van der Waals surface area contributed by atoms with Gasteiger partial charge in [0.2, 0.25) is 0 Å². The summed E-state index contributed by atoms with van der Waals surface area (Å²) in [5.74, 6) is 0. The molecule has 1 saturated heterocycles. The summed E-state index contributed by atoms with van der Waals surface area (Å²) < 4.78 is 3.79. The molecule has 6 heteroatoms. The summed E-state index contributed by atoms with van der Waals surface area (Å²) >= 11 is 6.38. The van der Waals surface area contributed by atoms with Crippen molar-refractivity contribution >= 4 is 11.6 Å². The summed E-state index contributed by atoms with van der Waals surface area (Å²) in [4.78, 5) is 2.53. The molecule has 3 heterocycles. The molecule has 0 spiro atoms. The van der Waals surface area contributed by atoms with E-state index in [-0.39, 0.29) is 0 Å². The SMILES string of the molecule is Cc1nn(C)c(Cl)c1CN1CCCC[C@H]1Cn1cccn1. The first-order chi connectivity index (χ1) is 10.1. The first-order valence-electron chi connectivity index (χ1n) is 7.54. The molecule has 0 unspecified atom stereocenters. The lowest BCUT2D eigenvalue weighted by atomic mass is 10.0. The number of piperidine rings is 1. The molecule has 0 radical (unpaired) electrons. The normalized spacial score (nSPS) is 20.0. The van der Waals surface area contributed by atoms with Crippen LogP contribution in [0.2, 0.25) is 5.15 Å². The zero-order chi connectivity index (χ0) is 14.8. The first-order valence-corrected chi connectivity index (χ1v) is 7.92. The zero-order valence-electron chi connectivity index (χ0n) is 12.7. The highest BCUT2D eigenvalue weighted by atomic mass is 35.5. The highest BCUT2D eigenvalue weighted by Crippen LogP contribution is 2.25.